The summed E-state index contributed by atoms with van der Waals surface area (Å²) in [4.78, 5) is 62.9. The van der Waals surface area contributed by atoms with Gasteiger partial charge >= 0.3 is 29.8 Å². The van der Waals surface area contributed by atoms with E-state index in [9.17, 15) is 34.2 Å². The number of carbonyl (C=O) groups is 5. The van der Waals surface area contributed by atoms with E-state index in [0.717, 1.165) is 27.7 Å². The molecule has 12 unspecified atom stereocenters. The van der Waals surface area contributed by atoms with Gasteiger partial charge in [-0.05, 0) is 25.5 Å². The number of carbonyl (C=O) groups excluding carboxylic acids is 5. The maximum Gasteiger partial charge on any atom is 0.312 e. The van der Waals surface area contributed by atoms with Crippen molar-refractivity contribution in [3.63, 3.8) is 0 Å². The maximum atomic E-state index is 13.0. The molecule has 2 saturated heterocycles. The molecule has 14 heteroatoms. The highest BCUT2D eigenvalue weighted by Crippen LogP contribution is 2.60. The minimum Gasteiger partial charge on any atom is -0.462 e. The molecule has 0 radical (unpaired) electrons. The van der Waals surface area contributed by atoms with Gasteiger partial charge in [0.15, 0.2) is 11.7 Å². The van der Waals surface area contributed by atoms with E-state index in [1.54, 1.807) is 6.92 Å². The zero-order valence-corrected chi connectivity index (χ0v) is 25.2. The first-order valence-electron chi connectivity index (χ1n) is 13.7. The predicted octanol–water partition coefficient (Wildman–Crippen LogP) is 0.729. The van der Waals surface area contributed by atoms with Crippen LogP contribution in [0.25, 0.3) is 0 Å². The van der Waals surface area contributed by atoms with Crippen molar-refractivity contribution in [2.24, 2.45) is 17.3 Å². The van der Waals surface area contributed by atoms with Crippen molar-refractivity contribution in [3.8, 4) is 0 Å². The molecule has 42 heavy (non-hydrogen) atoms. The molecule has 3 fully saturated rings. The van der Waals surface area contributed by atoms with Crippen LogP contribution in [0.3, 0.4) is 0 Å². The first-order valence-corrected chi connectivity index (χ1v) is 14.2. The highest BCUT2D eigenvalue weighted by Gasteiger charge is 2.75. The Bertz CT molecular complexity index is 1200. The van der Waals surface area contributed by atoms with Gasteiger partial charge < -0.3 is 38.6 Å². The van der Waals surface area contributed by atoms with Crippen LogP contribution in [0.1, 0.15) is 54.9 Å². The van der Waals surface area contributed by atoms with Crippen molar-refractivity contribution >= 4 is 41.4 Å². The first-order chi connectivity index (χ1) is 19.4. The lowest BCUT2D eigenvalue weighted by atomic mass is 9.51. The second-order valence-corrected chi connectivity index (χ2v) is 12.2. The lowest BCUT2D eigenvalue weighted by Gasteiger charge is -2.60. The molecular formula is C28H37ClO13. The van der Waals surface area contributed by atoms with E-state index in [1.165, 1.54) is 19.9 Å². The van der Waals surface area contributed by atoms with Crippen LogP contribution in [0.4, 0.5) is 0 Å². The SMILES string of the molecule is CC(=O)OC1CC(OC(C)=O)C2(C)C(OC(C)=O)C3OC3/C(CCl)=C\C3OC(=O)C(C)C3(O)C(OC(C)=O)C2C1(C)O. The molecule has 0 spiro atoms. The molecule has 234 valence electrons. The van der Waals surface area contributed by atoms with Gasteiger partial charge in [-0.1, -0.05) is 6.92 Å². The van der Waals surface area contributed by atoms with Crippen LogP contribution < -0.4 is 0 Å². The van der Waals surface area contributed by atoms with Gasteiger partial charge in [0.2, 0.25) is 0 Å². The Morgan fingerprint density at radius 3 is 1.98 bits per heavy atom. The summed E-state index contributed by atoms with van der Waals surface area (Å²) in [6.07, 6.45) is -7.59. The summed E-state index contributed by atoms with van der Waals surface area (Å²) in [6, 6.07) is 0. The Morgan fingerprint density at radius 2 is 1.45 bits per heavy atom. The molecule has 12 atom stereocenters. The van der Waals surface area contributed by atoms with E-state index in [2.05, 4.69) is 0 Å². The number of hydrogen-bond donors (Lipinski definition) is 2. The summed E-state index contributed by atoms with van der Waals surface area (Å²) in [7, 11) is 0. The van der Waals surface area contributed by atoms with Crippen LogP contribution >= 0.6 is 11.6 Å². The minimum atomic E-state index is -2.34. The first kappa shape index (κ1) is 32.2. The molecule has 1 saturated carbocycles. The Hall–Kier alpha value is -2.74. The number of esters is 5. The Kier molecular flexibility index (Phi) is 8.48. The van der Waals surface area contributed by atoms with Gasteiger partial charge in [-0.15, -0.1) is 11.6 Å². The molecule has 2 aliphatic heterocycles. The summed E-state index contributed by atoms with van der Waals surface area (Å²) in [6.45, 7) is 8.74. The third-order valence-electron chi connectivity index (χ3n) is 9.10. The third-order valence-corrected chi connectivity index (χ3v) is 9.41. The van der Waals surface area contributed by atoms with Crippen LogP contribution in [0.2, 0.25) is 0 Å². The summed E-state index contributed by atoms with van der Waals surface area (Å²) in [5.41, 5.74) is -5.78. The van der Waals surface area contributed by atoms with Gasteiger partial charge in [-0.25, -0.2) is 0 Å². The molecule has 0 amide bonds. The van der Waals surface area contributed by atoms with Gasteiger partial charge in [0, 0.05) is 45.9 Å². The van der Waals surface area contributed by atoms with Gasteiger partial charge in [0.05, 0.1) is 11.3 Å². The Morgan fingerprint density at radius 1 is 0.929 bits per heavy atom. The average Bonchev–Trinajstić information content (AvgIpc) is 3.61. The summed E-state index contributed by atoms with van der Waals surface area (Å²) in [5.74, 6) is -6.92. The second kappa shape index (κ2) is 11.1. The third kappa shape index (κ3) is 5.18. The normalized spacial score (nSPS) is 45.4. The Balaban J connectivity index is 2.11. The number of alkyl halides is 1. The quantitative estimate of drug-likeness (QED) is 0.145. The molecule has 4 rings (SSSR count). The second-order valence-electron chi connectivity index (χ2n) is 11.9. The van der Waals surface area contributed by atoms with Gasteiger partial charge in [0.25, 0.3) is 0 Å². The summed E-state index contributed by atoms with van der Waals surface area (Å²) < 4.78 is 34.5. The standard InChI is InChI=1S/C28H37ClO13/c1-11-25(34)41-19-8-16(10-29)20-21(42-20)23(39-14(4)32)26(6)17(37-12(2)30)9-18(38-13(3)31)27(7,35)22(26)24(28(11,19)36)40-15(5)33/h8,11,17-24,35-36H,9-10H2,1-7H3/b16-8-. The fourth-order valence-corrected chi connectivity index (χ4v) is 7.42. The molecule has 0 aromatic heterocycles. The van der Waals surface area contributed by atoms with Crippen molar-refractivity contribution in [1.29, 1.82) is 0 Å². The molecule has 2 aliphatic carbocycles. The van der Waals surface area contributed by atoms with Crippen LogP contribution in [0.5, 0.6) is 0 Å². The lowest BCUT2D eigenvalue weighted by molar-refractivity contribution is -0.291. The molecule has 13 nitrogen and oxygen atoms in total. The van der Waals surface area contributed by atoms with Crippen molar-refractivity contribution in [2.75, 3.05) is 5.88 Å². The van der Waals surface area contributed by atoms with Crippen molar-refractivity contribution < 1.29 is 62.6 Å². The molecule has 0 bridgehead atoms. The van der Waals surface area contributed by atoms with Crippen LogP contribution in [0.15, 0.2) is 11.6 Å². The molecule has 4 aliphatic rings. The number of halogens is 1. The Labute approximate surface area is 247 Å². The van der Waals surface area contributed by atoms with Crippen LogP contribution in [-0.2, 0) is 52.4 Å². The molecule has 2 N–H and O–H groups in total. The number of rotatable bonds is 5. The minimum absolute atomic E-state index is 0.121. The number of fused-ring (bicyclic) bond motifs is 3. The lowest BCUT2D eigenvalue weighted by Crippen LogP contribution is -2.74. The molecule has 2 heterocycles. The van der Waals surface area contributed by atoms with E-state index >= 15 is 0 Å². The van der Waals surface area contributed by atoms with E-state index < -0.39 is 101 Å². The van der Waals surface area contributed by atoms with Gasteiger partial charge in [0.1, 0.15) is 42.2 Å². The van der Waals surface area contributed by atoms with Crippen molar-refractivity contribution in [1.82, 2.24) is 0 Å². The van der Waals surface area contributed by atoms with Crippen molar-refractivity contribution in [2.45, 2.75) is 109 Å². The van der Waals surface area contributed by atoms with Crippen LogP contribution in [0, 0.1) is 17.3 Å². The topological polar surface area (TPSA) is 184 Å². The maximum absolute atomic E-state index is 13.0. The number of ether oxygens (including phenoxy) is 6. The smallest absolute Gasteiger partial charge is 0.312 e. The zero-order valence-electron chi connectivity index (χ0n) is 24.5. The van der Waals surface area contributed by atoms with Crippen LogP contribution in [-0.4, -0.2) is 99.9 Å². The van der Waals surface area contributed by atoms with E-state index in [1.807, 2.05) is 0 Å². The molecule has 0 aromatic carbocycles. The fraction of sp³-hybridized carbons (Fsp3) is 0.750. The van der Waals surface area contributed by atoms with Gasteiger partial charge in [-0.3, -0.25) is 24.0 Å². The predicted molar refractivity (Wildman–Crippen MR) is 141 cm³/mol. The van der Waals surface area contributed by atoms with E-state index in [4.69, 9.17) is 40.0 Å². The summed E-state index contributed by atoms with van der Waals surface area (Å²) >= 11 is 6.27. The zero-order chi connectivity index (χ0) is 31.5. The van der Waals surface area contributed by atoms with Gasteiger partial charge in [-0.2, -0.15) is 0 Å². The number of hydrogen-bond acceptors (Lipinski definition) is 13. The number of epoxide rings is 1. The largest absolute Gasteiger partial charge is 0.462 e. The van der Waals surface area contributed by atoms with Crippen molar-refractivity contribution in [3.05, 3.63) is 11.6 Å². The molecular weight excluding hydrogens is 580 g/mol. The highest BCUT2D eigenvalue weighted by atomic mass is 35.5. The number of aliphatic hydroxyl groups is 2. The molecule has 0 aromatic rings. The monoisotopic (exact) mass is 616 g/mol. The average molecular weight is 617 g/mol. The highest BCUT2D eigenvalue weighted by molar-refractivity contribution is 6.19. The van der Waals surface area contributed by atoms with E-state index in [0.29, 0.717) is 5.57 Å². The fourth-order valence-electron chi connectivity index (χ4n) is 7.18. The van der Waals surface area contributed by atoms with E-state index in [-0.39, 0.29) is 12.3 Å². The summed E-state index contributed by atoms with van der Waals surface area (Å²) in [5, 5.41) is 24.8.